The highest BCUT2D eigenvalue weighted by atomic mass is 33.3. The molecule has 1 aliphatic rings. The molecule has 0 radical (unpaired) electrons. The number of rotatable bonds is 9. The number of hydrogen-bond acceptors (Lipinski definition) is 4. The van der Waals surface area contributed by atoms with Crippen molar-refractivity contribution in [3.8, 4) is 5.69 Å². The number of nitrogens with zero attached hydrogens (tertiary/aromatic N) is 4. The number of hydrazone groups is 1. The molecule has 2 heterocycles. The van der Waals surface area contributed by atoms with Crippen LogP contribution < -0.4 is 5.43 Å². The first-order chi connectivity index (χ1) is 17.3. The monoisotopic (exact) mass is 801 g/mol. The predicted octanol–water partition coefficient (Wildman–Crippen LogP) is 11.7. The van der Waals surface area contributed by atoms with Gasteiger partial charge in [-0.3, -0.25) is 9.99 Å². The Bertz CT molecular complexity index is 998. The van der Waals surface area contributed by atoms with Gasteiger partial charge in [0, 0.05) is 17.3 Å². The largest absolute Gasteiger partial charge is 0.288 e. The van der Waals surface area contributed by atoms with E-state index in [9.17, 15) is 0 Å². The Balaban J connectivity index is 0.000000261. The van der Waals surface area contributed by atoms with E-state index in [1.54, 1.807) is 12.7 Å². The average Bonchev–Trinajstić information content (AvgIpc) is 3.34. The van der Waals surface area contributed by atoms with Crippen molar-refractivity contribution in [3.63, 3.8) is 0 Å². The van der Waals surface area contributed by atoms with Crippen molar-refractivity contribution in [3.05, 3.63) is 54.8 Å². The zero-order valence-corrected chi connectivity index (χ0v) is 37.1. The minimum absolute atomic E-state index is 0.0560. The second-order valence-corrected chi connectivity index (χ2v) is 71.3. The molecule has 3 rings (SSSR count). The van der Waals surface area contributed by atoms with Crippen molar-refractivity contribution in [2.45, 2.75) is 13.3 Å². The molecule has 0 bridgehead atoms. The molecule has 0 saturated heterocycles. The van der Waals surface area contributed by atoms with Crippen molar-refractivity contribution >= 4 is 143 Å². The highest BCUT2D eigenvalue weighted by molar-refractivity contribution is 9.25. The quantitative estimate of drug-likeness (QED) is 0.257. The molecular weight excluding hydrogens is 765 g/mol. The van der Waals surface area contributed by atoms with E-state index < -0.39 is 7.90 Å². The van der Waals surface area contributed by atoms with Gasteiger partial charge in [0.1, 0.15) is 12.7 Å². The molecule has 1 aliphatic heterocycles. The van der Waals surface area contributed by atoms with Gasteiger partial charge in [-0.15, -0.1) is 90.6 Å². The number of allylic oxidation sites excluding steroid dienone is 1. The lowest BCUT2D eigenvalue weighted by Crippen LogP contribution is -2.25. The summed E-state index contributed by atoms with van der Waals surface area (Å²) in [6.07, 6.45) is 4.29. The molecule has 200 valence electrons. The van der Waals surface area contributed by atoms with Crippen LogP contribution in [-0.4, -0.2) is 21.8 Å². The van der Waals surface area contributed by atoms with Gasteiger partial charge < -0.3 is 0 Å². The Morgan fingerprint density at radius 2 is 1.44 bits per heavy atom. The van der Waals surface area contributed by atoms with Gasteiger partial charge in [-0.05, 0) is 80.9 Å². The summed E-state index contributed by atoms with van der Waals surface area (Å²) in [5.74, 6) is 0.384. The lowest BCUT2D eigenvalue weighted by Gasteiger charge is -2.35. The highest BCUT2D eigenvalue weighted by Crippen LogP contribution is 3.19. The molecule has 1 aromatic heterocycles. The molecule has 2 aromatic rings. The molecule has 1 aromatic carbocycles. The molecule has 5 nitrogen and oxygen atoms in total. The van der Waals surface area contributed by atoms with E-state index in [0.29, 0.717) is 5.92 Å². The Morgan fingerprint density at radius 3 is 1.89 bits per heavy atom. The molecule has 12 unspecified atom stereocenters. The number of nitrogens with one attached hydrogen (secondary N) is 1. The fourth-order valence-electron chi connectivity index (χ4n) is 2.82. The van der Waals surface area contributed by atoms with Crippen LogP contribution in [0.4, 0.5) is 0 Å². The lowest BCUT2D eigenvalue weighted by atomic mass is 9.93. The van der Waals surface area contributed by atoms with Crippen LogP contribution in [0.25, 0.3) is 5.69 Å². The van der Waals surface area contributed by atoms with Crippen LogP contribution in [0.3, 0.4) is 0 Å². The molecule has 22 heteroatoms. The van der Waals surface area contributed by atoms with Crippen molar-refractivity contribution in [1.29, 1.82) is 1.28 Å². The van der Waals surface area contributed by atoms with E-state index in [1.165, 1.54) is 0 Å². The van der Waals surface area contributed by atoms with Gasteiger partial charge in [0.15, 0.2) is 0 Å². The average molecular weight is 801 g/mol. The first-order valence-electron chi connectivity index (χ1n) is 10.4. The van der Waals surface area contributed by atoms with Gasteiger partial charge in [0.2, 0.25) is 0 Å². The minimum atomic E-state index is -0.559. The van der Waals surface area contributed by atoms with Crippen LogP contribution in [0.15, 0.2) is 54.3 Å². The molecule has 0 fully saturated rings. The maximum Gasteiger partial charge on any atom is 0.123 e. The van der Waals surface area contributed by atoms with Crippen LogP contribution in [-0.2, 0) is 0 Å². The predicted molar refractivity (Wildman–Crippen MR) is 218 cm³/mol. The number of benzene rings is 1. The van der Waals surface area contributed by atoms with Gasteiger partial charge in [-0.25, -0.2) is 0 Å². The zero-order chi connectivity index (χ0) is 27.9. The summed E-state index contributed by atoms with van der Waals surface area (Å²) < 4.78 is 10.8. The summed E-state index contributed by atoms with van der Waals surface area (Å²) >= 11 is 0. The smallest absolute Gasteiger partial charge is 0.123 e. The molecular formula is C14H34N5P17. The molecule has 0 aliphatic carbocycles. The van der Waals surface area contributed by atoms with E-state index in [4.69, 9.17) is 1.28 Å². The van der Waals surface area contributed by atoms with Gasteiger partial charge in [0.05, 0.1) is 6.99 Å². The van der Waals surface area contributed by atoms with Crippen LogP contribution in [0.5, 0.6) is 0 Å². The molecule has 1 N–H and O–H groups in total. The number of hydrogen-bond donors (Lipinski definition) is 1. The van der Waals surface area contributed by atoms with Crippen LogP contribution >= 0.6 is 137 Å². The Kier molecular flexibility index (Phi) is 19.0. The van der Waals surface area contributed by atoms with E-state index in [2.05, 4.69) is 127 Å². The third kappa shape index (κ3) is 12.5. The van der Waals surface area contributed by atoms with Gasteiger partial charge >= 0.3 is 0 Å². The van der Waals surface area contributed by atoms with Gasteiger partial charge in [-0.1, -0.05) is 25.6 Å². The third-order valence-electron chi connectivity index (χ3n) is 4.43. The van der Waals surface area contributed by atoms with Crippen molar-refractivity contribution < 1.29 is 0 Å². The fraction of sp³-hybridized carbons (Fsp3) is 0.214. The highest BCUT2D eigenvalue weighted by Gasteiger charge is 2.29. The van der Waals surface area contributed by atoms with Crippen molar-refractivity contribution in [2.75, 3.05) is 0 Å². The minimum Gasteiger partial charge on any atom is -0.288 e. The molecule has 0 spiro atoms. The van der Waals surface area contributed by atoms with Crippen LogP contribution in [0.1, 0.15) is 18.9 Å². The zero-order valence-electron chi connectivity index (χ0n) is 20.5. The third-order valence-corrected chi connectivity index (χ3v) is 100. The van der Waals surface area contributed by atoms with Crippen LogP contribution in [0.2, 0.25) is 0 Å². The van der Waals surface area contributed by atoms with E-state index in [1.807, 2.05) is 16.7 Å². The van der Waals surface area contributed by atoms with Crippen LogP contribution in [0, 0.1) is 5.92 Å². The lowest BCUT2D eigenvalue weighted by molar-refractivity contribution is 0.653. The fourth-order valence-corrected chi connectivity index (χ4v) is 140. The summed E-state index contributed by atoms with van der Waals surface area (Å²) in [6.45, 7) is 5.32. The second-order valence-electron chi connectivity index (χ2n) is 7.20. The van der Waals surface area contributed by atoms with Crippen molar-refractivity contribution in [2.24, 2.45) is 11.0 Å². The summed E-state index contributed by atoms with van der Waals surface area (Å²) in [5, 5.41) is 12.0. The summed E-state index contributed by atoms with van der Waals surface area (Å²) in [5.41, 5.74) is 7.18. The normalized spacial score (nSPS) is 19.1. The first-order valence-corrected chi connectivity index (χ1v) is 39.7. The Labute approximate surface area is 247 Å². The standard InChI is InChI=1S/C14H15N5.H19P17/c1-10-7-11(2)17-18-14(10)12-3-5-13(6-4-12)19-8-15-16-9-19;1-11(2)15(9)17(14(7)8)10-16(12(3)4)13(5)6/h3-6,8-10,17H,2,7H2,1H3;10H,1-9H2/t10-;/m1./s1/i;10T. The maximum atomic E-state index is 8.89. The summed E-state index contributed by atoms with van der Waals surface area (Å²) in [4.78, 5) is 0. The second kappa shape index (κ2) is 19.3. The summed E-state index contributed by atoms with van der Waals surface area (Å²) in [6, 6.07) is 8.22. The van der Waals surface area contributed by atoms with Gasteiger partial charge in [0.25, 0.3) is 0 Å². The first kappa shape index (κ1) is 35.4. The van der Waals surface area contributed by atoms with E-state index in [-0.39, 0.29) is 48.9 Å². The molecule has 0 amide bonds. The Hall–Kier alpha value is 4.88. The van der Waals surface area contributed by atoms with E-state index >= 15 is 0 Å². The SMILES string of the molecule is C=C1C[C@@H](C)C(c2ccc(-n3cnnc3)cc2)=NN1.[3H]P(P(P(P)P)P(P)P)P(P(P)P)P(P)P(P)P. The van der Waals surface area contributed by atoms with Crippen molar-refractivity contribution in [1.82, 2.24) is 20.2 Å². The molecule has 13 atom stereocenters. The summed E-state index contributed by atoms with van der Waals surface area (Å²) in [7, 11) is 26.5. The molecule has 36 heavy (non-hydrogen) atoms. The molecule has 0 saturated carbocycles. The maximum absolute atomic E-state index is 8.89. The van der Waals surface area contributed by atoms with Gasteiger partial charge in [-0.2, -0.15) is 5.10 Å². The topological polar surface area (TPSA) is 55.1 Å². The Morgan fingerprint density at radius 1 is 0.917 bits per heavy atom. The van der Waals surface area contributed by atoms with E-state index in [0.717, 1.165) is 29.1 Å². The number of aromatic nitrogens is 3.